The minimum atomic E-state index is -0.974. The number of halogens is 1. The molecule has 4 fully saturated rings. The third-order valence-corrected chi connectivity index (χ3v) is 10.2. The quantitative estimate of drug-likeness (QED) is 0.375. The predicted octanol–water partition coefficient (Wildman–Crippen LogP) is 7.60. The summed E-state index contributed by atoms with van der Waals surface area (Å²) in [6, 6.07) is 5.15. The van der Waals surface area contributed by atoms with Gasteiger partial charge in [0.15, 0.2) is 0 Å². The molecule has 0 heterocycles. The van der Waals surface area contributed by atoms with Gasteiger partial charge in [-0.25, -0.2) is 4.39 Å². The highest BCUT2D eigenvalue weighted by atomic mass is 19.1. The van der Waals surface area contributed by atoms with Crippen molar-refractivity contribution < 1.29 is 19.0 Å². The molecule has 4 aliphatic rings. The summed E-state index contributed by atoms with van der Waals surface area (Å²) in [5.41, 5.74) is -1.71. The van der Waals surface area contributed by atoms with Gasteiger partial charge in [-0.2, -0.15) is 5.26 Å². The fraction of sp³-hybridized carbons (Fsp3) is 0.742. The fourth-order valence-corrected chi connectivity index (χ4v) is 8.57. The van der Waals surface area contributed by atoms with E-state index < -0.39 is 27.7 Å². The molecule has 5 heteroatoms. The Hall–Kier alpha value is -2.09. The van der Waals surface area contributed by atoms with Gasteiger partial charge < -0.3 is 9.84 Å². The Morgan fingerprint density at radius 2 is 1.67 bits per heavy atom. The lowest BCUT2D eigenvalue weighted by Crippen LogP contribution is -2.59. The molecule has 4 bridgehead atoms. The smallest absolute Gasteiger partial charge is 0.312 e. The number of aromatic hydroxyl groups is 1. The minimum Gasteiger partial charge on any atom is -0.508 e. The van der Waals surface area contributed by atoms with Gasteiger partial charge in [0.05, 0.1) is 16.9 Å². The minimum absolute atomic E-state index is 0.107. The SMILES string of the molecule is CCC(C)(C#N)CC(C)(CC(C)(C)c1c(C)cc(O)cc1F)C(=O)OC1(C)C2CC3CC(C2)CC1C3. The van der Waals surface area contributed by atoms with Crippen LogP contribution in [0.2, 0.25) is 0 Å². The number of hydrogen-bond acceptors (Lipinski definition) is 4. The Bertz CT molecular complexity index is 1020. The van der Waals surface area contributed by atoms with E-state index in [-0.39, 0.29) is 11.7 Å². The van der Waals surface area contributed by atoms with Crippen molar-refractivity contribution >= 4 is 5.97 Å². The molecule has 4 aliphatic carbocycles. The van der Waals surface area contributed by atoms with Gasteiger partial charge in [0.25, 0.3) is 0 Å². The van der Waals surface area contributed by atoms with E-state index in [9.17, 15) is 15.2 Å². The number of ether oxygens (including phenoxy) is 1. The van der Waals surface area contributed by atoms with Gasteiger partial charge in [-0.05, 0) is 125 Å². The third-order valence-electron chi connectivity index (χ3n) is 10.2. The molecular formula is C31H44FNO3. The van der Waals surface area contributed by atoms with Gasteiger partial charge in [-0.3, -0.25) is 4.79 Å². The summed E-state index contributed by atoms with van der Waals surface area (Å²) in [5.74, 6) is 1.52. The lowest BCUT2D eigenvalue weighted by molar-refractivity contribution is -0.214. The first-order valence-corrected chi connectivity index (χ1v) is 13.8. The first kappa shape index (κ1) is 27.0. The average Bonchev–Trinajstić information content (AvgIpc) is 2.75. The molecule has 4 saturated carbocycles. The second kappa shape index (κ2) is 9.03. The van der Waals surface area contributed by atoms with Crippen LogP contribution in [0.4, 0.5) is 4.39 Å². The number of carbonyl (C=O) groups excluding carboxylic acids is 1. The van der Waals surface area contributed by atoms with Crippen LogP contribution >= 0.6 is 0 Å². The molecule has 36 heavy (non-hydrogen) atoms. The Kier molecular flexibility index (Phi) is 6.76. The van der Waals surface area contributed by atoms with Crippen molar-refractivity contribution in [3.05, 3.63) is 29.1 Å². The number of nitriles is 1. The molecule has 0 saturated heterocycles. The number of phenolic OH excluding ortho intramolecular Hbond substituents is 1. The summed E-state index contributed by atoms with van der Waals surface area (Å²) in [5, 5.41) is 19.9. The van der Waals surface area contributed by atoms with Crippen molar-refractivity contribution in [1.29, 1.82) is 5.26 Å². The van der Waals surface area contributed by atoms with E-state index in [4.69, 9.17) is 4.74 Å². The number of aryl methyl sites for hydroxylation is 1. The van der Waals surface area contributed by atoms with Crippen LogP contribution in [0.15, 0.2) is 12.1 Å². The van der Waals surface area contributed by atoms with Crippen LogP contribution in [0, 0.1) is 58.6 Å². The summed E-state index contributed by atoms with van der Waals surface area (Å²) in [4.78, 5) is 14.2. The van der Waals surface area contributed by atoms with Gasteiger partial charge in [0, 0.05) is 6.07 Å². The van der Waals surface area contributed by atoms with Crippen LogP contribution in [-0.4, -0.2) is 16.7 Å². The van der Waals surface area contributed by atoms with E-state index in [1.807, 2.05) is 34.6 Å². The highest BCUT2D eigenvalue weighted by molar-refractivity contribution is 5.77. The number of phenols is 1. The standard InChI is InChI=1S/C31H44FNO3/c1-8-29(5,18-33)17-30(6,16-28(3,4)26-19(2)9-24(34)15-25(26)32)27(35)36-31(7)22-11-20-10-21(13-22)14-23(31)12-20/h9,15,20-23,34H,8,10-14,16-17H2,1-7H3. The molecule has 0 radical (unpaired) electrons. The van der Waals surface area contributed by atoms with E-state index in [1.54, 1.807) is 13.0 Å². The summed E-state index contributed by atoms with van der Waals surface area (Å²) in [6.45, 7) is 13.6. The molecule has 4 nitrogen and oxygen atoms in total. The second-order valence-corrected chi connectivity index (χ2v) is 13.8. The normalized spacial score (nSPS) is 32.4. The third kappa shape index (κ3) is 4.66. The molecule has 1 aromatic carbocycles. The van der Waals surface area contributed by atoms with Gasteiger partial charge >= 0.3 is 5.97 Å². The van der Waals surface area contributed by atoms with Crippen molar-refractivity contribution in [3.63, 3.8) is 0 Å². The Balaban J connectivity index is 1.68. The lowest BCUT2D eigenvalue weighted by Gasteiger charge is -2.59. The second-order valence-electron chi connectivity index (χ2n) is 13.8. The summed E-state index contributed by atoms with van der Waals surface area (Å²) < 4.78 is 21.7. The molecule has 1 aromatic rings. The maximum Gasteiger partial charge on any atom is 0.312 e. The van der Waals surface area contributed by atoms with E-state index in [2.05, 4.69) is 13.0 Å². The molecule has 0 spiro atoms. The van der Waals surface area contributed by atoms with Gasteiger partial charge in [-0.15, -0.1) is 0 Å². The van der Waals surface area contributed by atoms with Crippen LogP contribution in [0.5, 0.6) is 5.75 Å². The van der Waals surface area contributed by atoms with Crippen LogP contribution in [-0.2, 0) is 14.9 Å². The number of benzene rings is 1. The molecule has 1 N–H and O–H groups in total. The number of hydrogen-bond donors (Lipinski definition) is 1. The van der Waals surface area contributed by atoms with E-state index in [1.165, 1.54) is 6.42 Å². The topological polar surface area (TPSA) is 70.3 Å². The molecule has 0 amide bonds. The number of rotatable bonds is 8. The lowest BCUT2D eigenvalue weighted by atomic mass is 9.50. The van der Waals surface area contributed by atoms with Crippen LogP contribution in [0.25, 0.3) is 0 Å². The zero-order chi connectivity index (χ0) is 26.7. The maximum absolute atomic E-state index is 15.2. The van der Waals surface area contributed by atoms with E-state index in [0.29, 0.717) is 42.2 Å². The van der Waals surface area contributed by atoms with Crippen molar-refractivity contribution in [2.75, 3.05) is 0 Å². The van der Waals surface area contributed by atoms with Crippen LogP contribution in [0.3, 0.4) is 0 Å². The molecule has 0 aromatic heterocycles. The molecule has 5 rings (SSSR count). The maximum atomic E-state index is 15.2. The monoisotopic (exact) mass is 497 g/mol. The number of carbonyl (C=O) groups is 1. The Morgan fingerprint density at radius 1 is 1.11 bits per heavy atom. The first-order valence-electron chi connectivity index (χ1n) is 13.8. The van der Waals surface area contributed by atoms with Crippen LogP contribution in [0.1, 0.15) is 104 Å². The summed E-state index contributed by atoms with van der Waals surface area (Å²) in [7, 11) is 0. The van der Waals surface area contributed by atoms with Gasteiger partial charge in [0.2, 0.25) is 0 Å². The molecular weight excluding hydrogens is 453 g/mol. The molecule has 198 valence electrons. The van der Waals surface area contributed by atoms with Crippen molar-refractivity contribution in [2.45, 2.75) is 111 Å². The number of nitrogens with zero attached hydrogens (tertiary/aromatic N) is 1. The molecule has 2 atom stereocenters. The zero-order valence-electron chi connectivity index (χ0n) is 23.2. The van der Waals surface area contributed by atoms with Crippen LogP contribution < -0.4 is 0 Å². The van der Waals surface area contributed by atoms with E-state index >= 15 is 4.39 Å². The van der Waals surface area contributed by atoms with Crippen molar-refractivity contribution in [2.24, 2.45) is 34.5 Å². The van der Waals surface area contributed by atoms with Crippen molar-refractivity contribution in [1.82, 2.24) is 0 Å². The predicted molar refractivity (Wildman–Crippen MR) is 139 cm³/mol. The fourth-order valence-electron chi connectivity index (χ4n) is 8.57. The largest absolute Gasteiger partial charge is 0.508 e. The first-order chi connectivity index (χ1) is 16.6. The molecule has 2 unspecified atom stereocenters. The highest BCUT2D eigenvalue weighted by Crippen LogP contribution is 2.60. The Morgan fingerprint density at radius 3 is 2.14 bits per heavy atom. The average molecular weight is 498 g/mol. The number of esters is 1. The Labute approximate surface area is 216 Å². The van der Waals surface area contributed by atoms with Gasteiger partial charge in [0.1, 0.15) is 17.2 Å². The zero-order valence-corrected chi connectivity index (χ0v) is 23.2. The highest BCUT2D eigenvalue weighted by Gasteiger charge is 2.58. The van der Waals surface area contributed by atoms with Gasteiger partial charge in [-0.1, -0.05) is 20.8 Å². The molecule has 0 aliphatic heterocycles. The van der Waals surface area contributed by atoms with Crippen molar-refractivity contribution in [3.8, 4) is 11.8 Å². The summed E-state index contributed by atoms with van der Waals surface area (Å²) >= 11 is 0. The summed E-state index contributed by atoms with van der Waals surface area (Å²) in [6.07, 6.45) is 7.20. The van der Waals surface area contributed by atoms with E-state index in [0.717, 1.165) is 43.6 Å².